The van der Waals surface area contributed by atoms with E-state index < -0.39 is 6.10 Å². The molecule has 0 aliphatic heterocycles. The summed E-state index contributed by atoms with van der Waals surface area (Å²) in [6, 6.07) is 12.4. The second-order valence-corrected chi connectivity index (χ2v) is 9.26. The Hall–Kier alpha value is -2.31. The normalized spacial score (nSPS) is 15.5. The Bertz CT molecular complexity index is 844. The molecule has 0 bridgehead atoms. The van der Waals surface area contributed by atoms with Crippen molar-refractivity contribution in [1.29, 1.82) is 0 Å². The summed E-state index contributed by atoms with van der Waals surface area (Å²) in [7, 11) is 1.69. The molecule has 6 nitrogen and oxygen atoms in total. The number of ether oxygens (including phenoxy) is 2. The summed E-state index contributed by atoms with van der Waals surface area (Å²) in [5, 5.41) is 10.6. The van der Waals surface area contributed by atoms with Gasteiger partial charge in [0.05, 0.1) is 7.11 Å². The van der Waals surface area contributed by atoms with Crippen LogP contribution in [0.3, 0.4) is 0 Å². The van der Waals surface area contributed by atoms with Crippen molar-refractivity contribution in [3.8, 4) is 5.75 Å². The molecule has 1 atom stereocenters. The Labute approximate surface area is 198 Å². The van der Waals surface area contributed by atoms with E-state index in [2.05, 4.69) is 39.9 Å². The molecule has 0 radical (unpaired) electrons. The topological polar surface area (TPSA) is 63.9 Å². The molecule has 1 aromatic heterocycles. The molecule has 33 heavy (non-hydrogen) atoms. The van der Waals surface area contributed by atoms with Gasteiger partial charge in [-0.15, -0.1) is 0 Å². The quantitative estimate of drug-likeness (QED) is 0.445. The van der Waals surface area contributed by atoms with Gasteiger partial charge in [0.25, 0.3) is 0 Å². The fourth-order valence-electron chi connectivity index (χ4n) is 4.70. The number of nitrogens with zero attached hydrogens (tertiary/aromatic N) is 2. The van der Waals surface area contributed by atoms with Gasteiger partial charge in [-0.05, 0) is 55.0 Å². The first-order valence-electron chi connectivity index (χ1n) is 12.4. The maximum absolute atomic E-state index is 11.7. The van der Waals surface area contributed by atoms with Crippen molar-refractivity contribution in [1.82, 2.24) is 9.47 Å². The smallest absolute Gasteiger partial charge is 0.305 e. The van der Waals surface area contributed by atoms with Gasteiger partial charge in [-0.1, -0.05) is 38.3 Å². The minimum absolute atomic E-state index is 0.0603. The molecule has 1 N–H and O–H groups in total. The third-order valence-corrected chi connectivity index (χ3v) is 6.40. The predicted molar refractivity (Wildman–Crippen MR) is 130 cm³/mol. The standard InChI is InChI=1S/C27H40N2O4/c1-3-9-27(31)33-21-25(30)20-28(17-22-10-5-4-6-11-22)19-24-13-8-15-29(24)18-23-12-7-14-26(16-23)32-2/h7-8,12-16,22,25,30H,3-6,9-11,17-21H2,1-2H3. The van der Waals surface area contributed by atoms with Gasteiger partial charge in [-0.3, -0.25) is 9.69 Å². The maximum Gasteiger partial charge on any atom is 0.305 e. The fourth-order valence-corrected chi connectivity index (χ4v) is 4.70. The van der Waals surface area contributed by atoms with E-state index in [1.807, 2.05) is 19.1 Å². The van der Waals surface area contributed by atoms with Crippen LogP contribution in [0.25, 0.3) is 0 Å². The van der Waals surface area contributed by atoms with Crippen LogP contribution in [-0.4, -0.2) is 53.5 Å². The van der Waals surface area contributed by atoms with Gasteiger partial charge in [0.1, 0.15) is 18.5 Å². The van der Waals surface area contributed by atoms with Crippen LogP contribution in [0.4, 0.5) is 0 Å². The number of rotatable bonds is 13. The van der Waals surface area contributed by atoms with E-state index in [1.165, 1.54) is 43.4 Å². The number of aliphatic hydroxyl groups excluding tert-OH is 1. The molecule has 182 valence electrons. The predicted octanol–water partition coefficient (Wildman–Crippen LogP) is 4.63. The number of hydrogen-bond acceptors (Lipinski definition) is 5. The van der Waals surface area contributed by atoms with E-state index in [-0.39, 0.29) is 12.6 Å². The second kappa shape index (κ2) is 13.4. The molecular weight excluding hydrogens is 416 g/mol. The lowest BCUT2D eigenvalue weighted by atomic mass is 9.89. The zero-order valence-electron chi connectivity index (χ0n) is 20.2. The van der Waals surface area contributed by atoms with Gasteiger partial charge in [-0.2, -0.15) is 0 Å². The number of aliphatic hydroxyl groups is 1. The molecule has 0 saturated heterocycles. The van der Waals surface area contributed by atoms with Gasteiger partial charge in [0.15, 0.2) is 0 Å². The Morgan fingerprint density at radius 3 is 2.79 bits per heavy atom. The van der Waals surface area contributed by atoms with Crippen LogP contribution in [0.15, 0.2) is 42.6 Å². The second-order valence-electron chi connectivity index (χ2n) is 9.26. The summed E-state index contributed by atoms with van der Waals surface area (Å²) >= 11 is 0. The van der Waals surface area contributed by atoms with E-state index in [1.54, 1.807) is 7.11 Å². The summed E-state index contributed by atoms with van der Waals surface area (Å²) in [6.45, 7) is 5.00. The number of hydrogen-bond donors (Lipinski definition) is 1. The van der Waals surface area contributed by atoms with Crippen molar-refractivity contribution in [2.24, 2.45) is 5.92 Å². The van der Waals surface area contributed by atoms with Crippen LogP contribution in [0.5, 0.6) is 5.75 Å². The summed E-state index contributed by atoms with van der Waals surface area (Å²) in [6.07, 6.45) is 9.00. The molecular formula is C27H40N2O4. The van der Waals surface area contributed by atoms with E-state index in [9.17, 15) is 9.90 Å². The molecule has 1 aliphatic carbocycles. The van der Waals surface area contributed by atoms with Crippen molar-refractivity contribution in [3.05, 3.63) is 53.9 Å². The monoisotopic (exact) mass is 456 g/mol. The number of carbonyl (C=O) groups excluding carboxylic acids is 1. The van der Waals surface area contributed by atoms with Crippen LogP contribution >= 0.6 is 0 Å². The van der Waals surface area contributed by atoms with Crippen molar-refractivity contribution in [2.45, 2.75) is 71.1 Å². The highest BCUT2D eigenvalue weighted by Crippen LogP contribution is 2.25. The van der Waals surface area contributed by atoms with Crippen LogP contribution in [-0.2, 0) is 22.6 Å². The molecule has 1 unspecified atom stereocenters. The summed E-state index contributed by atoms with van der Waals surface area (Å²) in [4.78, 5) is 14.1. The molecule has 6 heteroatoms. The van der Waals surface area contributed by atoms with Gasteiger partial charge >= 0.3 is 5.97 Å². The molecule has 3 rings (SSSR count). The summed E-state index contributed by atoms with van der Waals surface area (Å²) in [5.41, 5.74) is 2.40. The van der Waals surface area contributed by atoms with Crippen molar-refractivity contribution < 1.29 is 19.4 Å². The van der Waals surface area contributed by atoms with E-state index in [0.29, 0.717) is 18.9 Å². The van der Waals surface area contributed by atoms with Crippen molar-refractivity contribution in [3.63, 3.8) is 0 Å². The molecule has 2 aromatic rings. The average Bonchev–Trinajstić information content (AvgIpc) is 3.25. The Balaban J connectivity index is 1.65. The Morgan fingerprint density at radius 2 is 2.03 bits per heavy atom. The van der Waals surface area contributed by atoms with Crippen molar-refractivity contribution in [2.75, 3.05) is 26.8 Å². The number of aromatic nitrogens is 1. The SMILES string of the molecule is CCCC(=O)OCC(O)CN(Cc1cccn1Cc1cccc(OC)c1)CC1CCCCC1. The molecule has 0 amide bonds. The average molecular weight is 457 g/mol. The third-order valence-electron chi connectivity index (χ3n) is 6.40. The first kappa shape index (κ1) is 25.3. The minimum atomic E-state index is -0.684. The van der Waals surface area contributed by atoms with Gasteiger partial charge in [0, 0.05) is 44.5 Å². The van der Waals surface area contributed by atoms with Gasteiger partial charge in [0.2, 0.25) is 0 Å². The highest BCUT2D eigenvalue weighted by Gasteiger charge is 2.21. The molecule has 0 spiro atoms. The zero-order valence-corrected chi connectivity index (χ0v) is 20.2. The lowest BCUT2D eigenvalue weighted by Crippen LogP contribution is -2.38. The highest BCUT2D eigenvalue weighted by molar-refractivity contribution is 5.69. The van der Waals surface area contributed by atoms with Crippen LogP contribution in [0.2, 0.25) is 0 Å². The van der Waals surface area contributed by atoms with Crippen LogP contribution in [0.1, 0.15) is 63.1 Å². The van der Waals surface area contributed by atoms with Crippen molar-refractivity contribution >= 4 is 5.97 Å². The minimum Gasteiger partial charge on any atom is -0.497 e. The van der Waals surface area contributed by atoms with Crippen LogP contribution in [0, 0.1) is 5.92 Å². The fraction of sp³-hybridized carbons (Fsp3) is 0.593. The largest absolute Gasteiger partial charge is 0.497 e. The maximum atomic E-state index is 11.7. The number of benzene rings is 1. The number of esters is 1. The van der Waals surface area contributed by atoms with E-state index >= 15 is 0 Å². The number of carbonyl (C=O) groups is 1. The molecule has 1 saturated carbocycles. The first-order valence-corrected chi connectivity index (χ1v) is 12.4. The zero-order chi connectivity index (χ0) is 23.5. The van der Waals surface area contributed by atoms with E-state index in [0.717, 1.165) is 31.8 Å². The van der Waals surface area contributed by atoms with Gasteiger partial charge in [-0.25, -0.2) is 0 Å². The Morgan fingerprint density at radius 1 is 1.21 bits per heavy atom. The summed E-state index contributed by atoms with van der Waals surface area (Å²) < 4.78 is 12.9. The lowest BCUT2D eigenvalue weighted by Gasteiger charge is -2.31. The Kier molecular flexibility index (Phi) is 10.3. The lowest BCUT2D eigenvalue weighted by molar-refractivity contribution is -0.147. The molecule has 1 aliphatic rings. The van der Waals surface area contributed by atoms with Gasteiger partial charge < -0.3 is 19.1 Å². The summed E-state index contributed by atoms with van der Waals surface area (Å²) in [5.74, 6) is 1.29. The molecule has 1 fully saturated rings. The molecule has 1 heterocycles. The van der Waals surface area contributed by atoms with Crippen LogP contribution < -0.4 is 4.74 Å². The third kappa shape index (κ3) is 8.52. The molecule has 1 aromatic carbocycles. The highest BCUT2D eigenvalue weighted by atomic mass is 16.5. The number of methoxy groups -OCH3 is 1. The first-order chi connectivity index (χ1) is 16.1. The van der Waals surface area contributed by atoms with E-state index in [4.69, 9.17) is 9.47 Å².